The van der Waals surface area contributed by atoms with Gasteiger partial charge in [0.05, 0.1) is 12.1 Å². The number of likely N-dealkylation sites (N-methyl/N-ethyl adjacent to an activating group) is 2. The van der Waals surface area contributed by atoms with E-state index in [1.807, 2.05) is 0 Å². The standard InChI is InChI=1S/C13H17FN2O2/c1-4-16(8-12(17)15-3)13(18)10-7-9(2)5-6-11(10)14/h5-7H,4,8H2,1-3H3,(H,15,17). The molecule has 0 atom stereocenters. The summed E-state index contributed by atoms with van der Waals surface area (Å²) in [5.41, 5.74) is 0.802. The Labute approximate surface area is 106 Å². The first-order valence-electron chi connectivity index (χ1n) is 5.75. The van der Waals surface area contributed by atoms with Gasteiger partial charge in [-0.15, -0.1) is 0 Å². The number of hydrogen-bond donors (Lipinski definition) is 1. The van der Waals surface area contributed by atoms with Gasteiger partial charge in [0.15, 0.2) is 0 Å². The zero-order chi connectivity index (χ0) is 13.7. The second-order valence-electron chi connectivity index (χ2n) is 3.98. The quantitative estimate of drug-likeness (QED) is 0.879. The zero-order valence-corrected chi connectivity index (χ0v) is 10.8. The lowest BCUT2D eigenvalue weighted by atomic mass is 10.1. The summed E-state index contributed by atoms with van der Waals surface area (Å²) in [5.74, 6) is -1.32. The van der Waals surface area contributed by atoms with Crippen molar-refractivity contribution in [3.05, 3.63) is 35.1 Å². The summed E-state index contributed by atoms with van der Waals surface area (Å²) in [6.45, 7) is 3.80. The van der Waals surface area contributed by atoms with E-state index in [0.717, 1.165) is 5.56 Å². The van der Waals surface area contributed by atoms with Crippen LogP contribution >= 0.6 is 0 Å². The fourth-order valence-electron chi connectivity index (χ4n) is 1.55. The summed E-state index contributed by atoms with van der Waals surface area (Å²) in [5, 5.41) is 2.44. The fourth-order valence-corrected chi connectivity index (χ4v) is 1.55. The van der Waals surface area contributed by atoms with Crippen LogP contribution in [0.15, 0.2) is 18.2 Å². The molecule has 0 radical (unpaired) electrons. The predicted molar refractivity (Wildman–Crippen MR) is 66.8 cm³/mol. The Kier molecular flexibility index (Phi) is 4.83. The van der Waals surface area contributed by atoms with E-state index in [4.69, 9.17) is 0 Å². The fraction of sp³-hybridized carbons (Fsp3) is 0.385. The molecule has 0 aliphatic heterocycles. The number of halogens is 1. The van der Waals surface area contributed by atoms with Crippen LogP contribution in [0.3, 0.4) is 0 Å². The number of amides is 2. The average molecular weight is 252 g/mol. The minimum absolute atomic E-state index is 0.000697. The van der Waals surface area contributed by atoms with Gasteiger partial charge in [-0.25, -0.2) is 4.39 Å². The summed E-state index contributed by atoms with van der Waals surface area (Å²) in [6.07, 6.45) is 0. The molecule has 0 bridgehead atoms. The van der Waals surface area contributed by atoms with Crippen molar-refractivity contribution in [3.63, 3.8) is 0 Å². The Hall–Kier alpha value is -1.91. The molecule has 18 heavy (non-hydrogen) atoms. The smallest absolute Gasteiger partial charge is 0.257 e. The molecule has 0 saturated carbocycles. The Morgan fingerprint density at radius 2 is 2.06 bits per heavy atom. The molecule has 0 unspecified atom stereocenters. The number of rotatable bonds is 4. The number of nitrogens with zero attached hydrogens (tertiary/aromatic N) is 1. The van der Waals surface area contributed by atoms with E-state index in [2.05, 4.69) is 5.32 Å². The highest BCUT2D eigenvalue weighted by Crippen LogP contribution is 2.12. The number of hydrogen-bond acceptors (Lipinski definition) is 2. The SMILES string of the molecule is CCN(CC(=O)NC)C(=O)c1cc(C)ccc1F. The summed E-state index contributed by atoms with van der Waals surface area (Å²) < 4.78 is 13.6. The van der Waals surface area contributed by atoms with Crippen LogP contribution in [-0.4, -0.2) is 36.9 Å². The van der Waals surface area contributed by atoms with Crippen LogP contribution in [0.4, 0.5) is 4.39 Å². The van der Waals surface area contributed by atoms with Crippen molar-refractivity contribution < 1.29 is 14.0 Å². The van der Waals surface area contributed by atoms with Crippen molar-refractivity contribution >= 4 is 11.8 Å². The van der Waals surface area contributed by atoms with Crippen LogP contribution in [0.2, 0.25) is 0 Å². The maximum atomic E-state index is 13.6. The molecule has 0 aliphatic carbocycles. The molecule has 0 saturated heterocycles. The van der Waals surface area contributed by atoms with Gasteiger partial charge in [0.2, 0.25) is 5.91 Å². The maximum Gasteiger partial charge on any atom is 0.257 e. The summed E-state index contributed by atoms with van der Waals surface area (Å²) in [7, 11) is 1.49. The van der Waals surface area contributed by atoms with Crippen molar-refractivity contribution in [3.8, 4) is 0 Å². The average Bonchev–Trinajstić information content (AvgIpc) is 2.37. The van der Waals surface area contributed by atoms with Gasteiger partial charge in [0, 0.05) is 13.6 Å². The van der Waals surface area contributed by atoms with Crippen molar-refractivity contribution in [1.82, 2.24) is 10.2 Å². The number of aryl methyl sites for hydroxylation is 1. The van der Waals surface area contributed by atoms with Crippen LogP contribution in [-0.2, 0) is 4.79 Å². The van der Waals surface area contributed by atoms with Crippen molar-refractivity contribution in [2.75, 3.05) is 20.1 Å². The maximum absolute atomic E-state index is 13.6. The molecule has 0 fully saturated rings. The Balaban J connectivity index is 2.96. The van der Waals surface area contributed by atoms with Crippen molar-refractivity contribution in [2.45, 2.75) is 13.8 Å². The Morgan fingerprint density at radius 3 is 2.61 bits per heavy atom. The van der Waals surface area contributed by atoms with Crippen molar-refractivity contribution in [2.24, 2.45) is 0 Å². The van der Waals surface area contributed by atoms with E-state index < -0.39 is 11.7 Å². The lowest BCUT2D eigenvalue weighted by Gasteiger charge is -2.20. The highest BCUT2D eigenvalue weighted by atomic mass is 19.1. The Bertz CT molecular complexity index is 460. The largest absolute Gasteiger partial charge is 0.358 e. The predicted octanol–water partition coefficient (Wildman–Crippen LogP) is 1.34. The van der Waals surface area contributed by atoms with E-state index >= 15 is 0 Å². The van der Waals surface area contributed by atoms with Gasteiger partial charge >= 0.3 is 0 Å². The van der Waals surface area contributed by atoms with Crippen LogP contribution in [0.5, 0.6) is 0 Å². The third-order valence-electron chi connectivity index (χ3n) is 2.63. The first-order valence-corrected chi connectivity index (χ1v) is 5.75. The lowest BCUT2D eigenvalue weighted by Crippen LogP contribution is -2.39. The van der Waals surface area contributed by atoms with Crippen LogP contribution < -0.4 is 5.32 Å². The Morgan fingerprint density at radius 1 is 1.39 bits per heavy atom. The van der Waals surface area contributed by atoms with E-state index in [1.54, 1.807) is 19.9 Å². The molecule has 1 aromatic carbocycles. The molecule has 98 valence electrons. The van der Waals surface area contributed by atoms with Crippen LogP contribution in [0.1, 0.15) is 22.8 Å². The van der Waals surface area contributed by atoms with E-state index in [-0.39, 0.29) is 18.0 Å². The third-order valence-corrected chi connectivity index (χ3v) is 2.63. The molecule has 0 spiro atoms. The molecule has 0 aliphatic rings. The van der Waals surface area contributed by atoms with E-state index in [1.165, 1.54) is 24.1 Å². The van der Waals surface area contributed by atoms with E-state index in [9.17, 15) is 14.0 Å². The molecule has 1 rings (SSSR count). The summed E-state index contributed by atoms with van der Waals surface area (Å²) in [6, 6.07) is 4.35. The molecule has 5 heteroatoms. The molecule has 4 nitrogen and oxygen atoms in total. The monoisotopic (exact) mass is 252 g/mol. The van der Waals surface area contributed by atoms with Gasteiger partial charge < -0.3 is 10.2 Å². The minimum Gasteiger partial charge on any atom is -0.358 e. The van der Waals surface area contributed by atoms with Gasteiger partial charge in [-0.3, -0.25) is 9.59 Å². The highest BCUT2D eigenvalue weighted by molar-refractivity contribution is 5.96. The number of benzene rings is 1. The van der Waals surface area contributed by atoms with Gasteiger partial charge in [0.25, 0.3) is 5.91 Å². The summed E-state index contributed by atoms with van der Waals surface area (Å²) in [4.78, 5) is 24.7. The van der Waals surface area contributed by atoms with Gasteiger partial charge in [-0.2, -0.15) is 0 Å². The zero-order valence-electron chi connectivity index (χ0n) is 10.8. The molecule has 2 amide bonds. The van der Waals surface area contributed by atoms with Gasteiger partial charge in [0.1, 0.15) is 5.82 Å². The highest BCUT2D eigenvalue weighted by Gasteiger charge is 2.19. The van der Waals surface area contributed by atoms with Gasteiger partial charge in [-0.05, 0) is 26.0 Å². The summed E-state index contributed by atoms with van der Waals surface area (Å²) >= 11 is 0. The second kappa shape index (κ2) is 6.14. The normalized spacial score (nSPS) is 10.0. The second-order valence-corrected chi connectivity index (χ2v) is 3.98. The first-order chi connectivity index (χ1) is 8.49. The first kappa shape index (κ1) is 14.2. The number of nitrogens with one attached hydrogen (secondary N) is 1. The van der Waals surface area contributed by atoms with Crippen LogP contribution in [0.25, 0.3) is 0 Å². The molecular weight excluding hydrogens is 235 g/mol. The van der Waals surface area contributed by atoms with E-state index in [0.29, 0.717) is 6.54 Å². The number of carbonyl (C=O) groups excluding carboxylic acids is 2. The topological polar surface area (TPSA) is 49.4 Å². The third kappa shape index (κ3) is 3.29. The molecule has 0 aromatic heterocycles. The minimum atomic E-state index is -0.569. The molecule has 0 heterocycles. The van der Waals surface area contributed by atoms with Gasteiger partial charge in [-0.1, -0.05) is 11.6 Å². The molecular formula is C13H17FN2O2. The van der Waals surface area contributed by atoms with Crippen LogP contribution in [0, 0.1) is 12.7 Å². The van der Waals surface area contributed by atoms with Crippen molar-refractivity contribution in [1.29, 1.82) is 0 Å². The lowest BCUT2D eigenvalue weighted by molar-refractivity contribution is -0.121. The molecule has 1 N–H and O–H groups in total. The number of carbonyl (C=O) groups is 2. The molecule has 1 aromatic rings.